The summed E-state index contributed by atoms with van der Waals surface area (Å²) in [5, 5.41) is 7.75. The maximum atomic E-state index is 14.6. The lowest BCUT2D eigenvalue weighted by molar-refractivity contribution is 0.581. The maximum Gasteiger partial charge on any atom is 0.263 e. The first-order valence-electron chi connectivity index (χ1n) is 9.15. The molecule has 0 fully saturated rings. The standard InChI is InChI=1S/C19H16ClF3N4O2S/c20-13-8-11(21)5-6-17(13)30(28,29)26-16-9-12(14(22)10-15(16)23)19-25-24-18-4-2-1-3-7-27(18)19/h5-6,8-10,26H,1-4,7H2. The summed E-state index contributed by atoms with van der Waals surface area (Å²) >= 11 is 5.82. The molecule has 1 aliphatic rings. The zero-order chi connectivity index (χ0) is 21.5. The minimum atomic E-state index is -4.36. The summed E-state index contributed by atoms with van der Waals surface area (Å²) in [4.78, 5) is -0.438. The second-order valence-corrected chi connectivity index (χ2v) is 8.95. The highest BCUT2D eigenvalue weighted by Gasteiger charge is 2.24. The number of halogens is 4. The molecule has 0 bridgehead atoms. The summed E-state index contributed by atoms with van der Waals surface area (Å²) in [6.45, 7) is 0.584. The van der Waals surface area contributed by atoms with Crippen LogP contribution in [0.4, 0.5) is 18.9 Å². The molecule has 2 heterocycles. The lowest BCUT2D eigenvalue weighted by Crippen LogP contribution is -2.15. The van der Waals surface area contributed by atoms with Gasteiger partial charge in [-0.3, -0.25) is 4.72 Å². The van der Waals surface area contributed by atoms with Crippen molar-refractivity contribution in [1.82, 2.24) is 14.8 Å². The minimum absolute atomic E-state index is 0.0834. The molecule has 11 heteroatoms. The van der Waals surface area contributed by atoms with E-state index in [1.165, 1.54) is 0 Å². The van der Waals surface area contributed by atoms with Gasteiger partial charge >= 0.3 is 0 Å². The summed E-state index contributed by atoms with van der Waals surface area (Å²) in [5.74, 6) is -1.83. The van der Waals surface area contributed by atoms with E-state index >= 15 is 0 Å². The fraction of sp³-hybridized carbons (Fsp3) is 0.263. The van der Waals surface area contributed by atoms with Crippen molar-refractivity contribution >= 4 is 27.3 Å². The van der Waals surface area contributed by atoms with Crippen LogP contribution in [-0.2, 0) is 23.0 Å². The Bertz CT molecular complexity index is 1230. The number of rotatable bonds is 4. The Labute approximate surface area is 175 Å². The van der Waals surface area contributed by atoms with Crippen molar-refractivity contribution in [1.29, 1.82) is 0 Å². The Kier molecular flexibility index (Phi) is 5.46. The highest BCUT2D eigenvalue weighted by Crippen LogP contribution is 2.31. The quantitative estimate of drug-likeness (QED) is 0.625. The number of aromatic nitrogens is 3. The van der Waals surface area contributed by atoms with Gasteiger partial charge in [0, 0.05) is 19.0 Å². The fourth-order valence-electron chi connectivity index (χ4n) is 3.38. The number of anilines is 1. The third kappa shape index (κ3) is 3.89. The van der Waals surface area contributed by atoms with E-state index in [4.69, 9.17) is 11.6 Å². The van der Waals surface area contributed by atoms with E-state index in [-0.39, 0.29) is 16.4 Å². The van der Waals surface area contributed by atoms with Gasteiger partial charge in [-0.1, -0.05) is 18.0 Å². The van der Waals surface area contributed by atoms with Crippen LogP contribution in [0.1, 0.15) is 25.1 Å². The zero-order valence-corrected chi connectivity index (χ0v) is 17.1. The highest BCUT2D eigenvalue weighted by atomic mass is 35.5. The summed E-state index contributed by atoms with van der Waals surface area (Å²) in [7, 11) is -4.36. The molecule has 0 radical (unpaired) electrons. The van der Waals surface area contributed by atoms with Gasteiger partial charge in [-0.25, -0.2) is 21.6 Å². The first-order chi connectivity index (χ1) is 14.3. The lowest BCUT2D eigenvalue weighted by Gasteiger charge is -2.13. The molecule has 30 heavy (non-hydrogen) atoms. The topological polar surface area (TPSA) is 76.9 Å². The molecule has 1 aliphatic heterocycles. The predicted octanol–water partition coefficient (Wildman–Crippen LogP) is 4.54. The smallest absolute Gasteiger partial charge is 0.263 e. The molecule has 0 saturated heterocycles. The normalized spacial score (nSPS) is 14.3. The molecule has 0 saturated carbocycles. The Morgan fingerprint density at radius 2 is 1.80 bits per heavy atom. The second kappa shape index (κ2) is 7.92. The van der Waals surface area contributed by atoms with Crippen LogP contribution in [0.2, 0.25) is 5.02 Å². The minimum Gasteiger partial charge on any atom is -0.311 e. The fourth-order valence-corrected chi connectivity index (χ4v) is 4.97. The van der Waals surface area contributed by atoms with Crippen LogP contribution in [0.25, 0.3) is 11.4 Å². The number of nitrogens with zero attached hydrogens (tertiary/aromatic N) is 3. The summed E-state index contributed by atoms with van der Waals surface area (Å²) in [5.41, 5.74) is -0.572. The molecule has 0 spiro atoms. The van der Waals surface area contributed by atoms with Crippen LogP contribution in [0.5, 0.6) is 0 Å². The van der Waals surface area contributed by atoms with E-state index in [1.54, 1.807) is 4.57 Å². The van der Waals surface area contributed by atoms with E-state index < -0.39 is 38.1 Å². The van der Waals surface area contributed by atoms with Gasteiger partial charge in [0.25, 0.3) is 10.0 Å². The molecule has 0 aliphatic carbocycles. The molecule has 0 atom stereocenters. The maximum absolute atomic E-state index is 14.6. The predicted molar refractivity (Wildman–Crippen MR) is 105 cm³/mol. The molecule has 3 aromatic rings. The SMILES string of the molecule is O=S(=O)(Nc1cc(-c2nnc3n2CCCCC3)c(F)cc1F)c1ccc(F)cc1Cl. The van der Waals surface area contributed by atoms with E-state index in [9.17, 15) is 21.6 Å². The number of nitrogens with one attached hydrogen (secondary N) is 1. The molecule has 6 nitrogen and oxygen atoms in total. The Morgan fingerprint density at radius 3 is 2.57 bits per heavy atom. The number of hydrogen-bond acceptors (Lipinski definition) is 4. The molecule has 0 unspecified atom stereocenters. The zero-order valence-electron chi connectivity index (χ0n) is 15.5. The van der Waals surface area contributed by atoms with Crippen molar-refractivity contribution in [2.24, 2.45) is 0 Å². The van der Waals surface area contributed by atoms with Gasteiger partial charge < -0.3 is 4.57 Å². The molecule has 158 valence electrons. The van der Waals surface area contributed by atoms with Crippen LogP contribution in [0.3, 0.4) is 0 Å². The number of hydrogen-bond donors (Lipinski definition) is 1. The van der Waals surface area contributed by atoms with Crippen molar-refractivity contribution in [2.75, 3.05) is 4.72 Å². The van der Waals surface area contributed by atoms with Gasteiger partial charge in [-0.15, -0.1) is 10.2 Å². The lowest BCUT2D eigenvalue weighted by atomic mass is 10.1. The first kappa shape index (κ1) is 20.7. The second-order valence-electron chi connectivity index (χ2n) is 6.89. The summed E-state index contributed by atoms with van der Waals surface area (Å²) < 4.78 is 71.3. The monoisotopic (exact) mass is 456 g/mol. The Morgan fingerprint density at radius 1 is 1.00 bits per heavy atom. The highest BCUT2D eigenvalue weighted by molar-refractivity contribution is 7.92. The van der Waals surface area contributed by atoms with Crippen molar-refractivity contribution in [3.8, 4) is 11.4 Å². The van der Waals surface area contributed by atoms with Crippen molar-refractivity contribution in [3.63, 3.8) is 0 Å². The summed E-state index contributed by atoms with van der Waals surface area (Å²) in [6, 6.07) is 4.31. The van der Waals surface area contributed by atoms with Crippen LogP contribution in [0.15, 0.2) is 35.2 Å². The van der Waals surface area contributed by atoms with Crippen molar-refractivity contribution in [2.45, 2.75) is 37.1 Å². The average molecular weight is 457 g/mol. The molecule has 0 amide bonds. The molecule has 1 N–H and O–H groups in total. The Balaban J connectivity index is 1.75. The van der Waals surface area contributed by atoms with Crippen LogP contribution < -0.4 is 4.72 Å². The van der Waals surface area contributed by atoms with Gasteiger partial charge in [0.05, 0.1) is 16.3 Å². The first-order valence-corrected chi connectivity index (χ1v) is 11.0. The van der Waals surface area contributed by atoms with Gasteiger partial charge in [0.2, 0.25) is 0 Å². The third-order valence-electron chi connectivity index (χ3n) is 4.83. The number of sulfonamides is 1. The Hall–Kier alpha value is -2.59. The number of aryl methyl sites for hydroxylation is 1. The van der Waals surface area contributed by atoms with Gasteiger partial charge in [-0.05, 0) is 37.1 Å². The molecule has 1 aromatic heterocycles. The largest absolute Gasteiger partial charge is 0.311 e. The molecule has 4 rings (SSSR count). The van der Waals surface area contributed by atoms with Crippen LogP contribution in [-0.4, -0.2) is 23.2 Å². The summed E-state index contributed by atoms with van der Waals surface area (Å²) in [6.07, 6.45) is 3.49. The van der Waals surface area contributed by atoms with Crippen molar-refractivity contribution < 1.29 is 21.6 Å². The van der Waals surface area contributed by atoms with E-state index in [0.717, 1.165) is 43.5 Å². The van der Waals surface area contributed by atoms with E-state index in [0.29, 0.717) is 24.9 Å². The van der Waals surface area contributed by atoms with E-state index in [2.05, 4.69) is 14.9 Å². The van der Waals surface area contributed by atoms with Crippen LogP contribution >= 0.6 is 11.6 Å². The molecule has 2 aromatic carbocycles. The molecular formula is C19H16ClF3N4O2S. The molecular weight excluding hydrogens is 441 g/mol. The van der Waals surface area contributed by atoms with Gasteiger partial charge in [-0.2, -0.15) is 0 Å². The van der Waals surface area contributed by atoms with E-state index in [1.807, 2.05) is 0 Å². The number of benzene rings is 2. The number of fused-ring (bicyclic) bond motifs is 1. The average Bonchev–Trinajstić information content (AvgIpc) is 2.91. The third-order valence-corrected chi connectivity index (χ3v) is 6.68. The van der Waals surface area contributed by atoms with Crippen molar-refractivity contribution in [3.05, 3.63) is 58.6 Å². The van der Waals surface area contributed by atoms with Gasteiger partial charge in [0.1, 0.15) is 28.2 Å². The van der Waals surface area contributed by atoms with Gasteiger partial charge in [0.15, 0.2) is 5.82 Å². The van der Waals surface area contributed by atoms with Crippen LogP contribution in [0, 0.1) is 17.5 Å².